The van der Waals surface area contributed by atoms with Crippen LogP contribution in [-0.4, -0.2) is 30.8 Å². The molecule has 0 aliphatic heterocycles. The van der Waals surface area contributed by atoms with E-state index in [1.54, 1.807) is 11.8 Å². The molecule has 0 fully saturated rings. The first-order valence-corrected chi connectivity index (χ1v) is 9.00. The second-order valence-electron chi connectivity index (χ2n) is 5.54. The van der Waals surface area contributed by atoms with Gasteiger partial charge in [-0.3, -0.25) is 4.79 Å². The highest BCUT2D eigenvalue weighted by Gasteiger charge is 2.15. The van der Waals surface area contributed by atoms with Crippen molar-refractivity contribution < 1.29 is 22.8 Å². The average molecular weight is 397 g/mol. The van der Waals surface area contributed by atoms with E-state index in [0.717, 1.165) is 11.0 Å². The molecule has 0 saturated heterocycles. The van der Waals surface area contributed by atoms with Crippen molar-refractivity contribution in [2.24, 2.45) is 0 Å². The minimum absolute atomic E-state index is 0.379. The third kappa shape index (κ3) is 6.52. The number of anilines is 1. The topological polar surface area (TPSA) is 70.2 Å². The molecule has 3 N–H and O–H groups in total. The lowest BCUT2D eigenvalue weighted by Gasteiger charge is -2.09. The molecule has 2 aromatic rings. The van der Waals surface area contributed by atoms with Crippen LogP contribution >= 0.6 is 11.8 Å². The van der Waals surface area contributed by atoms with Gasteiger partial charge in [0.25, 0.3) is 0 Å². The summed E-state index contributed by atoms with van der Waals surface area (Å²) in [5.41, 5.74) is 0.661. The number of carbonyl (C=O) groups excluding carboxylic acids is 2. The molecule has 0 saturated carbocycles. The zero-order chi connectivity index (χ0) is 19.8. The van der Waals surface area contributed by atoms with Gasteiger partial charge in [0.05, 0.1) is 12.2 Å². The zero-order valence-corrected chi connectivity index (χ0v) is 15.3. The number of hydrogen-bond acceptors (Lipinski definition) is 3. The molecule has 27 heavy (non-hydrogen) atoms. The smallest absolute Gasteiger partial charge is 0.315 e. The molecule has 0 heterocycles. The quantitative estimate of drug-likeness (QED) is 0.381. The summed E-state index contributed by atoms with van der Waals surface area (Å²) in [7, 11) is 0. The predicted octanol–water partition coefficient (Wildman–Crippen LogP) is 3.44. The maximum absolute atomic E-state index is 13.5. The van der Waals surface area contributed by atoms with Crippen molar-refractivity contribution in [3.05, 3.63) is 59.4 Å². The lowest BCUT2D eigenvalue weighted by molar-refractivity contribution is -0.115. The molecule has 3 amide bonds. The first-order chi connectivity index (χ1) is 12.9. The Morgan fingerprint density at radius 3 is 2.37 bits per heavy atom. The summed E-state index contributed by atoms with van der Waals surface area (Å²) < 4.78 is 39.4. The Hall–Kier alpha value is -2.68. The van der Waals surface area contributed by atoms with Crippen molar-refractivity contribution in [2.45, 2.75) is 11.8 Å². The fourth-order valence-electron chi connectivity index (χ4n) is 2.01. The van der Waals surface area contributed by atoms with Crippen molar-refractivity contribution in [1.82, 2.24) is 10.6 Å². The van der Waals surface area contributed by atoms with Gasteiger partial charge in [0.15, 0.2) is 17.5 Å². The van der Waals surface area contributed by atoms with E-state index in [-0.39, 0.29) is 0 Å². The number of carbonyl (C=O) groups is 2. The fourth-order valence-corrected chi connectivity index (χ4v) is 2.78. The van der Waals surface area contributed by atoms with Crippen molar-refractivity contribution >= 4 is 29.4 Å². The summed E-state index contributed by atoms with van der Waals surface area (Å²) in [6, 6.07) is 8.99. The number of nitrogens with one attached hydrogen (secondary N) is 3. The molecule has 0 radical (unpaired) electrons. The molecule has 0 spiro atoms. The Morgan fingerprint density at radius 1 is 0.963 bits per heavy atom. The van der Waals surface area contributed by atoms with E-state index in [4.69, 9.17) is 0 Å². The standard InChI is InChI=1S/C18H18F3N3O2S/c1-11-2-4-12(5-3-11)27-9-8-22-18(26)23-10-15(25)24-14-7-6-13(19)16(20)17(14)21/h2-7H,8-10H2,1H3,(H,24,25)(H2,22,23,26). The first kappa shape index (κ1) is 20.6. The number of thioether (sulfide) groups is 1. The van der Waals surface area contributed by atoms with E-state index in [0.29, 0.717) is 18.4 Å². The highest BCUT2D eigenvalue weighted by molar-refractivity contribution is 7.99. The Bertz CT molecular complexity index is 816. The normalized spacial score (nSPS) is 10.4. The van der Waals surface area contributed by atoms with Crippen molar-refractivity contribution in [1.29, 1.82) is 0 Å². The van der Waals surface area contributed by atoms with E-state index < -0.39 is 41.6 Å². The molecule has 0 bridgehead atoms. The number of aryl methyl sites for hydroxylation is 1. The van der Waals surface area contributed by atoms with Gasteiger partial charge in [0, 0.05) is 17.2 Å². The highest BCUT2D eigenvalue weighted by atomic mass is 32.2. The maximum atomic E-state index is 13.5. The van der Waals surface area contributed by atoms with E-state index in [9.17, 15) is 22.8 Å². The second kappa shape index (κ2) is 9.86. The van der Waals surface area contributed by atoms with Gasteiger partial charge in [0.2, 0.25) is 5.91 Å². The third-order valence-corrected chi connectivity index (χ3v) is 4.41. The minimum atomic E-state index is -1.68. The zero-order valence-electron chi connectivity index (χ0n) is 14.4. The van der Waals surface area contributed by atoms with Crippen molar-refractivity contribution in [2.75, 3.05) is 24.2 Å². The Kier molecular flexibility index (Phi) is 7.54. The van der Waals surface area contributed by atoms with E-state index in [1.807, 2.05) is 31.2 Å². The van der Waals surface area contributed by atoms with Gasteiger partial charge in [-0.15, -0.1) is 11.8 Å². The molecule has 2 aromatic carbocycles. The highest BCUT2D eigenvalue weighted by Crippen LogP contribution is 2.19. The van der Waals surface area contributed by atoms with Crippen LogP contribution in [-0.2, 0) is 4.79 Å². The fraction of sp³-hybridized carbons (Fsp3) is 0.222. The van der Waals surface area contributed by atoms with Gasteiger partial charge in [-0.05, 0) is 31.2 Å². The van der Waals surface area contributed by atoms with Crippen LogP contribution in [0.3, 0.4) is 0 Å². The van der Waals surface area contributed by atoms with E-state index in [1.165, 1.54) is 5.56 Å². The summed E-state index contributed by atoms with van der Waals surface area (Å²) in [6.45, 7) is 1.93. The Labute approximate surface area is 158 Å². The van der Waals surface area contributed by atoms with Gasteiger partial charge in [0.1, 0.15) is 0 Å². The average Bonchev–Trinajstić information content (AvgIpc) is 2.65. The summed E-state index contributed by atoms with van der Waals surface area (Å²) in [5.74, 6) is -4.66. The molecular weight excluding hydrogens is 379 g/mol. The van der Waals surface area contributed by atoms with Crippen LogP contribution in [0.2, 0.25) is 0 Å². The van der Waals surface area contributed by atoms with Gasteiger partial charge in [-0.1, -0.05) is 17.7 Å². The maximum Gasteiger partial charge on any atom is 0.315 e. The Morgan fingerprint density at radius 2 is 1.67 bits per heavy atom. The van der Waals surface area contributed by atoms with Gasteiger partial charge in [-0.2, -0.15) is 0 Å². The molecule has 0 aromatic heterocycles. The summed E-state index contributed by atoms with van der Waals surface area (Å²) in [4.78, 5) is 24.4. The first-order valence-electron chi connectivity index (χ1n) is 8.01. The molecule has 5 nitrogen and oxygen atoms in total. The van der Waals surface area contributed by atoms with Crippen LogP contribution in [0.4, 0.5) is 23.7 Å². The number of rotatable bonds is 7. The molecule has 0 unspecified atom stereocenters. The summed E-state index contributed by atoms with van der Waals surface area (Å²) in [5, 5.41) is 6.93. The molecule has 0 aliphatic rings. The van der Waals surface area contributed by atoms with Crippen LogP contribution in [0, 0.1) is 24.4 Å². The van der Waals surface area contributed by atoms with Crippen LogP contribution < -0.4 is 16.0 Å². The van der Waals surface area contributed by atoms with Crippen molar-refractivity contribution in [3.63, 3.8) is 0 Å². The van der Waals surface area contributed by atoms with Gasteiger partial charge in [-0.25, -0.2) is 18.0 Å². The van der Waals surface area contributed by atoms with Gasteiger partial charge < -0.3 is 16.0 Å². The molecule has 0 atom stereocenters. The molecule has 9 heteroatoms. The predicted molar refractivity (Wildman–Crippen MR) is 98.3 cm³/mol. The summed E-state index contributed by atoms with van der Waals surface area (Å²) >= 11 is 1.57. The lowest BCUT2D eigenvalue weighted by Crippen LogP contribution is -2.40. The monoisotopic (exact) mass is 397 g/mol. The van der Waals surface area contributed by atoms with Crippen molar-refractivity contribution in [3.8, 4) is 0 Å². The van der Waals surface area contributed by atoms with Crippen LogP contribution in [0.25, 0.3) is 0 Å². The summed E-state index contributed by atoms with van der Waals surface area (Å²) in [6.07, 6.45) is 0. The largest absolute Gasteiger partial charge is 0.337 e. The third-order valence-electron chi connectivity index (χ3n) is 3.40. The second-order valence-corrected chi connectivity index (χ2v) is 6.71. The lowest BCUT2D eigenvalue weighted by atomic mass is 10.2. The SMILES string of the molecule is Cc1ccc(SCCNC(=O)NCC(=O)Nc2ccc(F)c(F)c2F)cc1. The number of urea groups is 1. The number of amides is 3. The van der Waals surface area contributed by atoms with Crippen LogP contribution in [0.5, 0.6) is 0 Å². The van der Waals surface area contributed by atoms with Crippen LogP contribution in [0.15, 0.2) is 41.3 Å². The number of benzene rings is 2. The number of hydrogen-bond donors (Lipinski definition) is 3. The van der Waals surface area contributed by atoms with E-state index in [2.05, 4.69) is 16.0 Å². The van der Waals surface area contributed by atoms with Crippen LogP contribution in [0.1, 0.15) is 5.56 Å². The minimum Gasteiger partial charge on any atom is -0.337 e. The number of halogens is 3. The van der Waals surface area contributed by atoms with E-state index >= 15 is 0 Å². The van der Waals surface area contributed by atoms with Gasteiger partial charge >= 0.3 is 6.03 Å². The molecule has 2 rings (SSSR count). The molecule has 0 aliphatic carbocycles. The molecule has 144 valence electrons. The Balaban J connectivity index is 1.67. The molecular formula is C18H18F3N3O2S.